The molecule has 1 heterocycles. The van der Waals surface area contributed by atoms with Gasteiger partial charge in [0.05, 0.1) is 0 Å². The van der Waals surface area contributed by atoms with Gasteiger partial charge in [-0.2, -0.15) is 0 Å². The first-order valence-electron chi connectivity index (χ1n) is 16.8. The lowest BCUT2D eigenvalue weighted by molar-refractivity contribution is 0.669. The lowest BCUT2D eigenvalue weighted by atomic mass is 9.85. The van der Waals surface area contributed by atoms with Crippen LogP contribution in [0.15, 0.2) is 186 Å². The van der Waals surface area contributed by atoms with E-state index in [9.17, 15) is 0 Å². The van der Waals surface area contributed by atoms with Crippen molar-refractivity contribution < 1.29 is 4.42 Å². The SMILES string of the molecule is c1ccc(-c2ccccc2-c2ccc3ccc(-c4c5ccccc5c(-c5ccc6c(c5)oc5ccccc56)c5ccccc45)cc3c2)cc1. The predicted molar refractivity (Wildman–Crippen MR) is 208 cm³/mol. The van der Waals surface area contributed by atoms with Crippen LogP contribution in [-0.4, -0.2) is 0 Å². The Morgan fingerprint density at radius 1 is 0.265 bits per heavy atom. The van der Waals surface area contributed by atoms with Gasteiger partial charge >= 0.3 is 0 Å². The summed E-state index contributed by atoms with van der Waals surface area (Å²) in [5, 5.41) is 9.70. The third-order valence-electron chi connectivity index (χ3n) is 10.1. The van der Waals surface area contributed by atoms with Crippen molar-refractivity contribution in [3.05, 3.63) is 182 Å². The van der Waals surface area contributed by atoms with Gasteiger partial charge in [-0.25, -0.2) is 0 Å². The zero-order valence-electron chi connectivity index (χ0n) is 26.7. The molecule has 228 valence electrons. The Kier molecular flexibility index (Phi) is 6.25. The van der Waals surface area contributed by atoms with E-state index in [1.807, 2.05) is 12.1 Å². The molecule has 0 spiro atoms. The molecule has 0 bridgehead atoms. The molecule has 9 aromatic carbocycles. The van der Waals surface area contributed by atoms with Crippen molar-refractivity contribution in [2.75, 3.05) is 0 Å². The first-order valence-corrected chi connectivity index (χ1v) is 16.8. The minimum Gasteiger partial charge on any atom is -0.456 e. The van der Waals surface area contributed by atoms with Crippen LogP contribution in [0.1, 0.15) is 0 Å². The Hall–Kier alpha value is -6.44. The van der Waals surface area contributed by atoms with E-state index >= 15 is 0 Å². The maximum absolute atomic E-state index is 6.35. The number of furan rings is 1. The molecular formula is C48H30O. The average Bonchev–Trinajstić information content (AvgIpc) is 3.55. The molecule has 0 radical (unpaired) electrons. The molecule has 1 nitrogen and oxygen atoms in total. The smallest absolute Gasteiger partial charge is 0.136 e. The van der Waals surface area contributed by atoms with Crippen LogP contribution in [0, 0.1) is 0 Å². The van der Waals surface area contributed by atoms with E-state index in [-0.39, 0.29) is 0 Å². The molecule has 0 N–H and O–H groups in total. The summed E-state index contributed by atoms with van der Waals surface area (Å²) in [6.07, 6.45) is 0. The number of benzene rings is 9. The van der Waals surface area contributed by atoms with Crippen LogP contribution in [0.25, 0.3) is 98.8 Å². The first kappa shape index (κ1) is 27.7. The third kappa shape index (κ3) is 4.47. The van der Waals surface area contributed by atoms with Crippen LogP contribution in [0.2, 0.25) is 0 Å². The molecule has 49 heavy (non-hydrogen) atoms. The number of para-hydroxylation sites is 1. The van der Waals surface area contributed by atoms with E-state index in [0.29, 0.717) is 0 Å². The molecule has 0 saturated carbocycles. The topological polar surface area (TPSA) is 13.1 Å². The highest BCUT2D eigenvalue weighted by Gasteiger charge is 2.18. The van der Waals surface area contributed by atoms with Crippen molar-refractivity contribution in [1.29, 1.82) is 0 Å². The fourth-order valence-corrected chi connectivity index (χ4v) is 7.81. The normalized spacial score (nSPS) is 11.7. The maximum Gasteiger partial charge on any atom is 0.136 e. The number of hydrogen-bond acceptors (Lipinski definition) is 1. The van der Waals surface area contributed by atoms with Crippen LogP contribution < -0.4 is 0 Å². The second-order valence-electron chi connectivity index (χ2n) is 12.8. The Morgan fingerprint density at radius 2 is 0.735 bits per heavy atom. The van der Waals surface area contributed by atoms with E-state index < -0.39 is 0 Å². The molecule has 0 unspecified atom stereocenters. The zero-order chi connectivity index (χ0) is 32.3. The van der Waals surface area contributed by atoms with Crippen molar-refractivity contribution in [3.8, 4) is 44.5 Å². The third-order valence-corrected chi connectivity index (χ3v) is 10.1. The standard InChI is InChI=1S/C48H30O/c1-2-12-32(13-3-1)37-14-4-5-15-38(37)33-24-22-31-23-25-34(29-36(31)28-33)47-41-17-6-8-19-43(41)48(44-20-9-7-18-42(44)47)35-26-27-40-39-16-10-11-21-45(39)49-46(40)30-35/h1-30H. The lowest BCUT2D eigenvalue weighted by Gasteiger charge is -2.18. The van der Waals surface area contributed by atoms with Gasteiger partial charge < -0.3 is 4.42 Å². The molecule has 10 rings (SSSR count). The largest absolute Gasteiger partial charge is 0.456 e. The van der Waals surface area contributed by atoms with E-state index in [1.165, 1.54) is 71.3 Å². The summed E-state index contributed by atoms with van der Waals surface area (Å²) in [6, 6.07) is 65.8. The van der Waals surface area contributed by atoms with Crippen LogP contribution in [0.3, 0.4) is 0 Å². The highest BCUT2D eigenvalue weighted by atomic mass is 16.3. The molecule has 0 amide bonds. The first-order chi connectivity index (χ1) is 24.3. The van der Waals surface area contributed by atoms with Gasteiger partial charge in [0.1, 0.15) is 11.2 Å². The quantitative estimate of drug-likeness (QED) is 0.178. The van der Waals surface area contributed by atoms with Gasteiger partial charge in [-0.15, -0.1) is 0 Å². The van der Waals surface area contributed by atoms with Crippen molar-refractivity contribution in [2.45, 2.75) is 0 Å². The summed E-state index contributed by atoms with van der Waals surface area (Å²) < 4.78 is 6.35. The van der Waals surface area contributed by atoms with Gasteiger partial charge in [-0.05, 0) is 107 Å². The summed E-state index contributed by atoms with van der Waals surface area (Å²) in [6.45, 7) is 0. The molecular weight excluding hydrogens is 593 g/mol. The highest BCUT2D eigenvalue weighted by molar-refractivity contribution is 6.22. The van der Waals surface area contributed by atoms with Crippen LogP contribution in [0.4, 0.5) is 0 Å². The van der Waals surface area contributed by atoms with Crippen molar-refractivity contribution in [2.24, 2.45) is 0 Å². The van der Waals surface area contributed by atoms with Crippen LogP contribution >= 0.6 is 0 Å². The molecule has 10 aromatic rings. The number of rotatable bonds is 4. The summed E-state index contributed by atoms with van der Waals surface area (Å²) in [7, 11) is 0. The van der Waals surface area contributed by atoms with Gasteiger partial charge in [-0.3, -0.25) is 0 Å². The van der Waals surface area contributed by atoms with Gasteiger partial charge in [-0.1, -0.05) is 152 Å². The zero-order valence-corrected chi connectivity index (χ0v) is 26.7. The number of fused-ring (bicyclic) bond motifs is 6. The van der Waals surface area contributed by atoms with Crippen LogP contribution in [-0.2, 0) is 0 Å². The fourth-order valence-electron chi connectivity index (χ4n) is 7.81. The van der Waals surface area contributed by atoms with Gasteiger partial charge in [0, 0.05) is 10.8 Å². The highest BCUT2D eigenvalue weighted by Crippen LogP contribution is 2.45. The molecule has 1 heteroatoms. The molecule has 0 aliphatic heterocycles. The van der Waals surface area contributed by atoms with E-state index in [4.69, 9.17) is 4.42 Å². The minimum atomic E-state index is 0.912. The van der Waals surface area contributed by atoms with E-state index in [2.05, 4.69) is 170 Å². The van der Waals surface area contributed by atoms with Crippen molar-refractivity contribution in [3.63, 3.8) is 0 Å². The van der Waals surface area contributed by atoms with Gasteiger partial charge in [0.2, 0.25) is 0 Å². The lowest BCUT2D eigenvalue weighted by Crippen LogP contribution is -1.91. The van der Waals surface area contributed by atoms with E-state index in [1.54, 1.807) is 0 Å². The second-order valence-corrected chi connectivity index (χ2v) is 12.8. The summed E-state index contributed by atoms with van der Waals surface area (Å²) in [5.41, 5.74) is 11.6. The second kappa shape index (κ2) is 11.1. The molecule has 0 saturated heterocycles. The Balaban J connectivity index is 1.18. The molecule has 0 aliphatic rings. The van der Waals surface area contributed by atoms with Crippen LogP contribution in [0.5, 0.6) is 0 Å². The molecule has 0 aliphatic carbocycles. The van der Waals surface area contributed by atoms with Gasteiger partial charge in [0.15, 0.2) is 0 Å². The average molecular weight is 623 g/mol. The predicted octanol–water partition coefficient (Wildman–Crippen LogP) is 13.7. The molecule has 0 atom stereocenters. The summed E-state index contributed by atoms with van der Waals surface area (Å²) >= 11 is 0. The minimum absolute atomic E-state index is 0.912. The van der Waals surface area contributed by atoms with Crippen molar-refractivity contribution >= 4 is 54.3 Å². The monoisotopic (exact) mass is 622 g/mol. The molecule has 0 fully saturated rings. The summed E-state index contributed by atoms with van der Waals surface area (Å²) in [4.78, 5) is 0. The number of hydrogen-bond donors (Lipinski definition) is 0. The maximum atomic E-state index is 6.35. The molecule has 1 aromatic heterocycles. The van der Waals surface area contributed by atoms with Crippen molar-refractivity contribution in [1.82, 2.24) is 0 Å². The fraction of sp³-hybridized carbons (Fsp3) is 0. The van der Waals surface area contributed by atoms with E-state index in [0.717, 1.165) is 27.5 Å². The summed E-state index contributed by atoms with van der Waals surface area (Å²) in [5.74, 6) is 0. The van der Waals surface area contributed by atoms with Gasteiger partial charge in [0.25, 0.3) is 0 Å². The Morgan fingerprint density at radius 3 is 1.41 bits per heavy atom. The Labute approximate surface area is 284 Å². The Bertz CT molecular complexity index is 2820.